The predicted molar refractivity (Wildman–Crippen MR) is 85.3 cm³/mol. The van der Waals surface area contributed by atoms with Gasteiger partial charge in [-0.2, -0.15) is 0 Å². The lowest BCUT2D eigenvalue weighted by Gasteiger charge is -2.40. The summed E-state index contributed by atoms with van der Waals surface area (Å²) in [7, 11) is 0. The fourth-order valence-corrected chi connectivity index (χ4v) is 3.22. The molecule has 0 amide bonds. The van der Waals surface area contributed by atoms with E-state index in [4.69, 9.17) is 4.74 Å². The van der Waals surface area contributed by atoms with E-state index < -0.39 is 0 Å². The molecular formula is C18H29NO. The highest BCUT2D eigenvalue weighted by atomic mass is 16.5. The number of rotatable bonds is 7. The molecule has 2 nitrogen and oxygen atoms in total. The second-order valence-corrected chi connectivity index (χ2v) is 6.21. The standard InChI is InChI=1S/C18H29NO/c1-4-6-7-10-13-18(3)14-16(19-5-2)15-11-8-9-12-17(15)20-18/h8-9,11-12,16,19H,4-7,10,13-14H2,1-3H3. The normalized spacial score (nSPS) is 25.1. The van der Waals surface area contributed by atoms with Crippen LogP contribution < -0.4 is 10.1 Å². The molecule has 0 spiro atoms. The summed E-state index contributed by atoms with van der Waals surface area (Å²) in [6.07, 6.45) is 7.45. The average Bonchev–Trinajstić information content (AvgIpc) is 2.44. The van der Waals surface area contributed by atoms with Crippen molar-refractivity contribution < 1.29 is 4.74 Å². The summed E-state index contributed by atoms with van der Waals surface area (Å²) in [4.78, 5) is 0. The van der Waals surface area contributed by atoms with Gasteiger partial charge in [-0.05, 0) is 32.4 Å². The molecule has 112 valence electrons. The Morgan fingerprint density at radius 1 is 1.20 bits per heavy atom. The number of hydrogen-bond acceptors (Lipinski definition) is 2. The second kappa shape index (κ2) is 7.12. The molecule has 1 aromatic rings. The Morgan fingerprint density at radius 2 is 2.00 bits per heavy atom. The van der Waals surface area contributed by atoms with E-state index in [1.165, 1.54) is 31.2 Å². The molecule has 1 N–H and O–H groups in total. The van der Waals surface area contributed by atoms with Crippen LogP contribution in [0, 0.1) is 0 Å². The highest BCUT2D eigenvalue weighted by molar-refractivity contribution is 5.38. The van der Waals surface area contributed by atoms with Gasteiger partial charge in [-0.25, -0.2) is 0 Å². The number of nitrogens with one attached hydrogen (secondary N) is 1. The topological polar surface area (TPSA) is 21.3 Å². The Kier molecular flexibility index (Phi) is 5.47. The van der Waals surface area contributed by atoms with Gasteiger partial charge < -0.3 is 10.1 Å². The Labute approximate surface area is 123 Å². The van der Waals surface area contributed by atoms with Crippen molar-refractivity contribution in [2.45, 2.75) is 70.9 Å². The summed E-state index contributed by atoms with van der Waals surface area (Å²) in [5, 5.41) is 3.62. The predicted octanol–water partition coefficient (Wildman–Crippen LogP) is 4.85. The molecule has 0 fully saturated rings. The molecule has 1 aliphatic heterocycles. The van der Waals surface area contributed by atoms with Crippen molar-refractivity contribution in [2.24, 2.45) is 0 Å². The Morgan fingerprint density at radius 3 is 2.75 bits per heavy atom. The quantitative estimate of drug-likeness (QED) is 0.718. The Hall–Kier alpha value is -1.02. The molecule has 1 aromatic carbocycles. The Balaban J connectivity index is 2.06. The zero-order valence-electron chi connectivity index (χ0n) is 13.2. The molecule has 0 saturated heterocycles. The van der Waals surface area contributed by atoms with Gasteiger partial charge in [-0.3, -0.25) is 0 Å². The first-order valence-corrected chi connectivity index (χ1v) is 8.20. The Bertz CT molecular complexity index is 418. The average molecular weight is 275 g/mol. The molecule has 0 radical (unpaired) electrons. The lowest BCUT2D eigenvalue weighted by molar-refractivity contribution is 0.0375. The second-order valence-electron chi connectivity index (χ2n) is 6.21. The van der Waals surface area contributed by atoms with Crippen LogP contribution in [0.4, 0.5) is 0 Å². The fourth-order valence-electron chi connectivity index (χ4n) is 3.22. The minimum atomic E-state index is -0.0189. The number of hydrogen-bond donors (Lipinski definition) is 1. The van der Waals surface area contributed by atoms with Crippen LogP contribution in [0.1, 0.15) is 70.9 Å². The molecule has 0 aliphatic carbocycles. The molecule has 20 heavy (non-hydrogen) atoms. The molecule has 0 saturated carbocycles. The summed E-state index contributed by atoms with van der Waals surface area (Å²) in [6.45, 7) is 7.72. The van der Waals surface area contributed by atoms with E-state index in [-0.39, 0.29) is 5.60 Å². The fraction of sp³-hybridized carbons (Fsp3) is 0.667. The number of benzene rings is 1. The first-order valence-electron chi connectivity index (χ1n) is 8.20. The van der Waals surface area contributed by atoms with Crippen molar-refractivity contribution >= 4 is 0 Å². The van der Waals surface area contributed by atoms with Crippen molar-refractivity contribution in [1.29, 1.82) is 0 Å². The van der Waals surface area contributed by atoms with Crippen LogP contribution in [0.3, 0.4) is 0 Å². The van der Waals surface area contributed by atoms with E-state index in [1.807, 2.05) is 0 Å². The summed E-state index contributed by atoms with van der Waals surface area (Å²) in [5.74, 6) is 1.07. The van der Waals surface area contributed by atoms with Crippen molar-refractivity contribution in [2.75, 3.05) is 6.54 Å². The lowest BCUT2D eigenvalue weighted by Crippen LogP contribution is -2.41. The maximum Gasteiger partial charge on any atom is 0.124 e. The van der Waals surface area contributed by atoms with Gasteiger partial charge in [0.05, 0.1) is 0 Å². The van der Waals surface area contributed by atoms with Crippen LogP contribution in [-0.2, 0) is 0 Å². The minimum Gasteiger partial charge on any atom is -0.487 e. The maximum atomic E-state index is 6.34. The molecule has 2 rings (SSSR count). The van der Waals surface area contributed by atoms with Gasteiger partial charge in [0, 0.05) is 18.0 Å². The molecule has 2 atom stereocenters. The van der Waals surface area contributed by atoms with Gasteiger partial charge in [0.25, 0.3) is 0 Å². The number of ether oxygens (including phenoxy) is 1. The van der Waals surface area contributed by atoms with Crippen molar-refractivity contribution in [3.05, 3.63) is 29.8 Å². The van der Waals surface area contributed by atoms with Crippen molar-refractivity contribution in [3.8, 4) is 5.75 Å². The zero-order chi connectivity index (χ0) is 14.4. The first kappa shape index (κ1) is 15.4. The molecule has 2 heteroatoms. The first-order chi connectivity index (χ1) is 9.68. The van der Waals surface area contributed by atoms with E-state index >= 15 is 0 Å². The lowest BCUT2D eigenvalue weighted by atomic mass is 9.85. The van der Waals surface area contributed by atoms with E-state index in [1.54, 1.807) is 0 Å². The maximum absolute atomic E-state index is 6.34. The molecule has 0 aromatic heterocycles. The van der Waals surface area contributed by atoms with Crippen LogP contribution in [0.15, 0.2) is 24.3 Å². The minimum absolute atomic E-state index is 0.0189. The highest BCUT2D eigenvalue weighted by Gasteiger charge is 2.36. The smallest absolute Gasteiger partial charge is 0.124 e. The van der Waals surface area contributed by atoms with E-state index in [9.17, 15) is 0 Å². The van der Waals surface area contributed by atoms with Gasteiger partial charge >= 0.3 is 0 Å². The monoisotopic (exact) mass is 275 g/mol. The summed E-state index contributed by atoms with van der Waals surface area (Å²) >= 11 is 0. The van der Waals surface area contributed by atoms with E-state index in [0.29, 0.717) is 6.04 Å². The van der Waals surface area contributed by atoms with Crippen LogP contribution in [0.25, 0.3) is 0 Å². The molecule has 2 unspecified atom stereocenters. The summed E-state index contributed by atoms with van der Waals surface area (Å²) in [6, 6.07) is 8.92. The molecule has 0 bridgehead atoms. The van der Waals surface area contributed by atoms with Crippen molar-refractivity contribution in [1.82, 2.24) is 5.32 Å². The largest absolute Gasteiger partial charge is 0.487 e. The number of fused-ring (bicyclic) bond motifs is 1. The van der Waals surface area contributed by atoms with Gasteiger partial charge in [-0.1, -0.05) is 51.3 Å². The van der Waals surface area contributed by atoms with Gasteiger partial charge in [0.1, 0.15) is 11.4 Å². The zero-order valence-corrected chi connectivity index (χ0v) is 13.2. The summed E-state index contributed by atoms with van der Waals surface area (Å²) < 4.78 is 6.34. The molecule has 1 heterocycles. The van der Waals surface area contributed by atoms with Gasteiger partial charge in [0.2, 0.25) is 0 Å². The summed E-state index contributed by atoms with van der Waals surface area (Å²) in [5.41, 5.74) is 1.30. The van der Waals surface area contributed by atoms with Crippen LogP contribution in [0.2, 0.25) is 0 Å². The molecule has 1 aliphatic rings. The third kappa shape index (κ3) is 3.76. The van der Waals surface area contributed by atoms with E-state index in [2.05, 4.69) is 50.4 Å². The van der Waals surface area contributed by atoms with Crippen LogP contribution in [-0.4, -0.2) is 12.1 Å². The SMILES string of the molecule is CCCCCCC1(C)CC(NCC)c2ccccc2O1. The van der Waals surface area contributed by atoms with E-state index in [0.717, 1.165) is 25.1 Å². The van der Waals surface area contributed by atoms with Crippen molar-refractivity contribution in [3.63, 3.8) is 0 Å². The highest BCUT2D eigenvalue weighted by Crippen LogP contribution is 2.41. The number of unbranched alkanes of at least 4 members (excludes halogenated alkanes) is 3. The third-order valence-corrected chi connectivity index (χ3v) is 4.30. The van der Waals surface area contributed by atoms with Crippen LogP contribution >= 0.6 is 0 Å². The number of para-hydroxylation sites is 1. The van der Waals surface area contributed by atoms with Gasteiger partial charge in [0.15, 0.2) is 0 Å². The third-order valence-electron chi connectivity index (χ3n) is 4.30. The van der Waals surface area contributed by atoms with Crippen LogP contribution in [0.5, 0.6) is 5.75 Å². The van der Waals surface area contributed by atoms with Gasteiger partial charge in [-0.15, -0.1) is 0 Å². The molecular weight excluding hydrogens is 246 g/mol.